The number of hydrogen-bond donors (Lipinski definition) is 1. The van der Waals surface area contributed by atoms with E-state index in [0.717, 1.165) is 0 Å². The largest absolute Gasteiger partial charge is 0.478 e. The molecule has 0 aliphatic rings. The number of carbonyl (C=O) groups excluding carboxylic acids is 1. The summed E-state index contributed by atoms with van der Waals surface area (Å²) in [4.78, 5) is 35.1. The lowest BCUT2D eigenvalue weighted by molar-refractivity contribution is -0.385. The Bertz CT molecular complexity index is 1050. The molecule has 1 N–H and O–H groups in total. The Morgan fingerprint density at radius 2 is 1.80 bits per heavy atom. The van der Waals surface area contributed by atoms with Gasteiger partial charge in [-0.25, -0.2) is 4.79 Å². The molecule has 0 saturated heterocycles. The first-order chi connectivity index (χ1) is 11.8. The Labute approximate surface area is 142 Å². The van der Waals surface area contributed by atoms with E-state index >= 15 is 0 Å². The molecule has 0 unspecified atom stereocenters. The van der Waals surface area contributed by atoms with E-state index in [1.54, 1.807) is 38.1 Å². The van der Waals surface area contributed by atoms with Gasteiger partial charge in [-0.1, -0.05) is 24.3 Å². The van der Waals surface area contributed by atoms with Crippen LogP contribution >= 0.6 is 0 Å². The first kappa shape index (κ1) is 16.4. The molecule has 0 aliphatic heterocycles. The summed E-state index contributed by atoms with van der Waals surface area (Å²) in [5.41, 5.74) is 1.19. The molecule has 25 heavy (non-hydrogen) atoms. The summed E-state index contributed by atoms with van der Waals surface area (Å²) in [6.45, 7) is 3.13. The average molecular weight is 338 g/mol. The number of nitro groups is 1. The maximum absolute atomic E-state index is 13.0. The van der Waals surface area contributed by atoms with Crippen LogP contribution in [0, 0.1) is 24.0 Å². The second-order valence-electron chi connectivity index (χ2n) is 5.68. The van der Waals surface area contributed by atoms with E-state index < -0.39 is 16.8 Å². The highest BCUT2D eigenvalue weighted by Crippen LogP contribution is 2.28. The molecule has 0 atom stereocenters. The van der Waals surface area contributed by atoms with Crippen LogP contribution in [0.25, 0.3) is 10.9 Å². The van der Waals surface area contributed by atoms with Gasteiger partial charge in [-0.2, -0.15) is 0 Å². The number of aryl methyl sites for hydroxylation is 1. The van der Waals surface area contributed by atoms with E-state index in [1.165, 1.54) is 22.8 Å². The van der Waals surface area contributed by atoms with Crippen LogP contribution in [0.1, 0.15) is 32.0 Å². The molecular formula is C18H14N2O5. The van der Waals surface area contributed by atoms with Crippen molar-refractivity contribution in [2.75, 3.05) is 0 Å². The quantitative estimate of drug-likeness (QED) is 0.581. The predicted molar refractivity (Wildman–Crippen MR) is 91.2 cm³/mol. The zero-order chi connectivity index (χ0) is 18.3. The summed E-state index contributed by atoms with van der Waals surface area (Å²) in [6, 6.07) is 10.9. The summed E-state index contributed by atoms with van der Waals surface area (Å²) >= 11 is 0. The highest BCUT2D eigenvalue weighted by Gasteiger charge is 2.24. The van der Waals surface area contributed by atoms with Crippen LogP contribution in [0.3, 0.4) is 0 Å². The number of carboxylic acid groups (broad SMARTS) is 1. The number of aromatic nitrogens is 1. The zero-order valence-corrected chi connectivity index (χ0v) is 13.5. The number of nitro benzene ring substituents is 1. The molecule has 2 aromatic carbocycles. The van der Waals surface area contributed by atoms with Crippen LogP contribution in [0.4, 0.5) is 5.69 Å². The van der Waals surface area contributed by atoms with Crippen molar-refractivity contribution in [2.45, 2.75) is 13.8 Å². The fourth-order valence-corrected chi connectivity index (χ4v) is 2.97. The molecule has 0 radical (unpaired) electrons. The number of nitrogens with zero attached hydrogens (tertiary/aromatic N) is 2. The number of aromatic carboxylic acids is 1. The lowest BCUT2D eigenvalue weighted by Crippen LogP contribution is -2.14. The van der Waals surface area contributed by atoms with Crippen molar-refractivity contribution in [1.82, 2.24) is 4.57 Å². The second kappa shape index (κ2) is 5.86. The first-order valence-corrected chi connectivity index (χ1v) is 7.46. The number of fused-ring (bicyclic) bond motifs is 1. The average Bonchev–Trinajstić information content (AvgIpc) is 2.86. The smallest absolute Gasteiger partial charge is 0.338 e. The molecule has 0 spiro atoms. The van der Waals surface area contributed by atoms with Crippen LogP contribution < -0.4 is 0 Å². The molecule has 0 aliphatic carbocycles. The monoisotopic (exact) mass is 338 g/mol. The van der Waals surface area contributed by atoms with Gasteiger partial charge in [0.25, 0.3) is 11.6 Å². The van der Waals surface area contributed by atoms with Gasteiger partial charge in [0.15, 0.2) is 0 Å². The van der Waals surface area contributed by atoms with Crippen molar-refractivity contribution >= 4 is 28.5 Å². The van der Waals surface area contributed by atoms with Crippen LogP contribution in [-0.2, 0) is 0 Å². The molecule has 126 valence electrons. The third-order valence-electron chi connectivity index (χ3n) is 4.18. The topological polar surface area (TPSA) is 102 Å². The molecule has 0 bridgehead atoms. The number of benzene rings is 2. The minimum Gasteiger partial charge on any atom is -0.478 e. The van der Waals surface area contributed by atoms with Gasteiger partial charge in [0.1, 0.15) is 0 Å². The summed E-state index contributed by atoms with van der Waals surface area (Å²) in [5, 5.41) is 21.0. The number of carboxylic acids is 1. The van der Waals surface area contributed by atoms with Crippen LogP contribution in [0.2, 0.25) is 0 Å². The van der Waals surface area contributed by atoms with Crippen molar-refractivity contribution in [2.24, 2.45) is 0 Å². The Morgan fingerprint density at radius 1 is 1.12 bits per heavy atom. The highest BCUT2D eigenvalue weighted by molar-refractivity contribution is 6.11. The van der Waals surface area contributed by atoms with E-state index in [9.17, 15) is 24.8 Å². The first-order valence-electron chi connectivity index (χ1n) is 7.46. The van der Waals surface area contributed by atoms with Gasteiger partial charge in [0, 0.05) is 28.3 Å². The minimum atomic E-state index is -1.13. The molecule has 3 rings (SSSR count). The summed E-state index contributed by atoms with van der Waals surface area (Å²) < 4.78 is 1.28. The van der Waals surface area contributed by atoms with Gasteiger partial charge in [0.2, 0.25) is 0 Å². The van der Waals surface area contributed by atoms with E-state index in [0.29, 0.717) is 16.5 Å². The molecule has 0 fully saturated rings. The van der Waals surface area contributed by atoms with E-state index in [1.807, 2.05) is 0 Å². The Hall–Kier alpha value is -3.48. The van der Waals surface area contributed by atoms with Crippen molar-refractivity contribution in [1.29, 1.82) is 0 Å². The number of rotatable bonds is 3. The van der Waals surface area contributed by atoms with Crippen molar-refractivity contribution in [3.05, 3.63) is 75.0 Å². The van der Waals surface area contributed by atoms with Crippen LogP contribution in [0.15, 0.2) is 42.5 Å². The fraction of sp³-hybridized carbons (Fsp3) is 0.111. The van der Waals surface area contributed by atoms with E-state index in [4.69, 9.17) is 0 Å². The molecule has 1 aromatic heterocycles. The van der Waals surface area contributed by atoms with Crippen molar-refractivity contribution in [3.8, 4) is 0 Å². The van der Waals surface area contributed by atoms with Gasteiger partial charge in [0.05, 0.1) is 16.0 Å². The lowest BCUT2D eigenvalue weighted by atomic mass is 10.1. The number of para-hydroxylation sites is 1. The summed E-state index contributed by atoms with van der Waals surface area (Å²) in [5.74, 6) is -1.64. The van der Waals surface area contributed by atoms with Gasteiger partial charge >= 0.3 is 5.97 Å². The van der Waals surface area contributed by atoms with Gasteiger partial charge in [-0.15, -0.1) is 0 Å². The van der Waals surface area contributed by atoms with Gasteiger partial charge in [-0.3, -0.25) is 19.5 Å². The third-order valence-corrected chi connectivity index (χ3v) is 4.18. The van der Waals surface area contributed by atoms with Gasteiger partial charge in [-0.05, 0) is 26.0 Å². The SMILES string of the molecule is Cc1ccc(C(=O)n2c(C)c(C(=O)O)c3ccccc32)cc1[N+](=O)[O-]. The Kier molecular flexibility index (Phi) is 3.84. The lowest BCUT2D eigenvalue weighted by Gasteiger charge is -2.08. The number of carbonyl (C=O) groups is 2. The number of hydrogen-bond acceptors (Lipinski definition) is 4. The highest BCUT2D eigenvalue weighted by atomic mass is 16.6. The molecule has 0 amide bonds. The maximum atomic E-state index is 13.0. The molecular weight excluding hydrogens is 324 g/mol. The van der Waals surface area contributed by atoms with Crippen molar-refractivity contribution < 1.29 is 19.6 Å². The van der Waals surface area contributed by atoms with Crippen LogP contribution in [-0.4, -0.2) is 26.5 Å². The molecule has 0 saturated carbocycles. The van der Waals surface area contributed by atoms with Gasteiger partial charge < -0.3 is 5.11 Å². The molecule has 7 heteroatoms. The fourth-order valence-electron chi connectivity index (χ4n) is 2.97. The molecule has 1 heterocycles. The third kappa shape index (κ3) is 2.55. The maximum Gasteiger partial charge on any atom is 0.338 e. The van der Waals surface area contributed by atoms with E-state index in [2.05, 4.69) is 0 Å². The second-order valence-corrected chi connectivity index (χ2v) is 5.68. The van der Waals surface area contributed by atoms with Crippen molar-refractivity contribution in [3.63, 3.8) is 0 Å². The van der Waals surface area contributed by atoms with Crippen LogP contribution in [0.5, 0.6) is 0 Å². The minimum absolute atomic E-state index is 0.0468. The Balaban J connectivity index is 2.25. The molecule has 3 aromatic rings. The summed E-state index contributed by atoms with van der Waals surface area (Å²) in [7, 11) is 0. The summed E-state index contributed by atoms with van der Waals surface area (Å²) in [6.07, 6.45) is 0. The standard InChI is InChI=1S/C18H14N2O5/c1-10-7-8-12(9-15(10)20(24)25)17(21)19-11(2)16(18(22)23)13-5-3-4-6-14(13)19/h3-9H,1-2H3,(H,22,23). The normalized spacial score (nSPS) is 10.8. The zero-order valence-electron chi connectivity index (χ0n) is 13.5. The predicted octanol–water partition coefficient (Wildman–Crippen LogP) is 3.55. The van der Waals surface area contributed by atoms with E-state index in [-0.39, 0.29) is 22.5 Å². The molecule has 7 nitrogen and oxygen atoms in total. The Morgan fingerprint density at radius 3 is 2.44 bits per heavy atom.